The normalized spacial score (nSPS) is 14.3. The summed E-state index contributed by atoms with van der Waals surface area (Å²) in [5.41, 5.74) is 4.34. The summed E-state index contributed by atoms with van der Waals surface area (Å²) in [6, 6.07) is 16.3. The predicted octanol–water partition coefficient (Wildman–Crippen LogP) is 4.02. The van der Waals surface area contributed by atoms with Gasteiger partial charge in [-0.2, -0.15) is 0 Å². The van der Waals surface area contributed by atoms with E-state index in [0.29, 0.717) is 24.5 Å². The molecule has 0 radical (unpaired) electrons. The second-order valence-electron chi connectivity index (χ2n) is 7.31. The molecule has 2 aromatic carbocycles. The molecule has 1 aliphatic heterocycles. The molecule has 0 bridgehead atoms. The molecule has 0 aliphatic carbocycles. The second-order valence-corrected chi connectivity index (χ2v) is 8.34. The molecule has 5 rings (SSSR count). The van der Waals surface area contributed by atoms with Crippen molar-refractivity contribution in [2.45, 2.75) is 6.92 Å². The number of para-hydroxylation sites is 2. The maximum absolute atomic E-state index is 13.3. The van der Waals surface area contributed by atoms with E-state index in [1.165, 1.54) is 22.6 Å². The number of carbonyl (C=O) groups excluding carboxylic acids is 1. The van der Waals surface area contributed by atoms with Gasteiger partial charge in [0.1, 0.15) is 10.7 Å². The Morgan fingerprint density at radius 1 is 0.933 bits per heavy atom. The lowest BCUT2D eigenvalue weighted by Crippen LogP contribution is -2.49. The summed E-state index contributed by atoms with van der Waals surface area (Å²) in [6.07, 6.45) is 3.20. The number of benzene rings is 2. The first kappa shape index (κ1) is 18.7. The van der Waals surface area contributed by atoms with Gasteiger partial charge >= 0.3 is 0 Å². The maximum atomic E-state index is 13.3. The highest BCUT2D eigenvalue weighted by Gasteiger charge is 2.27. The number of aromatic nitrogens is 3. The van der Waals surface area contributed by atoms with E-state index >= 15 is 0 Å². The van der Waals surface area contributed by atoms with Crippen LogP contribution in [-0.2, 0) is 0 Å². The van der Waals surface area contributed by atoms with E-state index < -0.39 is 0 Å². The molecule has 4 aromatic rings. The van der Waals surface area contributed by atoms with Crippen molar-refractivity contribution in [3.63, 3.8) is 0 Å². The van der Waals surface area contributed by atoms with Crippen molar-refractivity contribution in [2.24, 2.45) is 0 Å². The number of thiazole rings is 1. The fraction of sp³-hybridized carbons (Fsp3) is 0.217. The zero-order chi connectivity index (χ0) is 20.5. The van der Waals surface area contributed by atoms with Crippen LogP contribution < -0.4 is 4.90 Å². The molecule has 1 saturated heterocycles. The van der Waals surface area contributed by atoms with Gasteiger partial charge in [-0.25, -0.2) is 15.0 Å². The Labute approximate surface area is 178 Å². The molecule has 6 nitrogen and oxygen atoms in total. The molecule has 2 aromatic heterocycles. The average Bonchev–Trinajstić information content (AvgIpc) is 3.23. The van der Waals surface area contributed by atoms with Gasteiger partial charge in [0.25, 0.3) is 5.91 Å². The second kappa shape index (κ2) is 7.84. The van der Waals surface area contributed by atoms with Crippen molar-refractivity contribution >= 4 is 33.1 Å². The van der Waals surface area contributed by atoms with Crippen molar-refractivity contribution < 1.29 is 4.79 Å². The molecular formula is C23H21N5OS. The van der Waals surface area contributed by atoms with E-state index in [4.69, 9.17) is 0 Å². The summed E-state index contributed by atoms with van der Waals surface area (Å²) >= 11 is 1.54. The summed E-state index contributed by atoms with van der Waals surface area (Å²) in [6.45, 7) is 5.03. The lowest BCUT2D eigenvalue weighted by Gasteiger charge is -2.36. The van der Waals surface area contributed by atoms with Gasteiger partial charge in [-0.1, -0.05) is 30.3 Å². The van der Waals surface area contributed by atoms with Gasteiger partial charge in [0.05, 0.1) is 10.2 Å². The van der Waals surface area contributed by atoms with Gasteiger partial charge in [-0.15, -0.1) is 11.3 Å². The molecule has 1 amide bonds. The number of hydrogen-bond acceptors (Lipinski definition) is 6. The molecule has 1 fully saturated rings. The summed E-state index contributed by atoms with van der Waals surface area (Å²) in [5, 5.41) is 0.728. The van der Waals surface area contributed by atoms with Crippen LogP contribution in [0.3, 0.4) is 0 Å². The van der Waals surface area contributed by atoms with Gasteiger partial charge < -0.3 is 9.80 Å². The van der Waals surface area contributed by atoms with Gasteiger partial charge in [0.15, 0.2) is 5.69 Å². The topological polar surface area (TPSA) is 62.2 Å². The fourth-order valence-electron chi connectivity index (χ4n) is 3.84. The number of nitrogens with zero attached hydrogens (tertiary/aromatic N) is 5. The van der Waals surface area contributed by atoms with E-state index in [2.05, 4.69) is 51.0 Å². The number of rotatable bonds is 3. The standard InChI is InChI=1S/C23H21N5OS/c1-16-6-2-4-8-18(16)27-12-14-28(15-13-27)23(29)21-20(24-10-11-25-21)22-26-17-7-3-5-9-19(17)30-22/h2-11H,12-15H2,1H3. The van der Waals surface area contributed by atoms with Crippen LogP contribution in [0.4, 0.5) is 5.69 Å². The van der Waals surface area contributed by atoms with Gasteiger partial charge in [0.2, 0.25) is 0 Å². The van der Waals surface area contributed by atoms with Crippen LogP contribution in [0.5, 0.6) is 0 Å². The number of amides is 1. The van der Waals surface area contributed by atoms with E-state index in [9.17, 15) is 4.79 Å². The number of hydrogen-bond donors (Lipinski definition) is 0. The van der Waals surface area contributed by atoms with Crippen molar-refractivity contribution in [1.82, 2.24) is 19.9 Å². The third-order valence-electron chi connectivity index (χ3n) is 5.42. The minimum absolute atomic E-state index is 0.0817. The van der Waals surface area contributed by atoms with Crippen LogP contribution in [0.1, 0.15) is 16.1 Å². The summed E-state index contributed by atoms with van der Waals surface area (Å²) < 4.78 is 1.07. The zero-order valence-electron chi connectivity index (χ0n) is 16.7. The lowest BCUT2D eigenvalue weighted by atomic mass is 10.1. The van der Waals surface area contributed by atoms with E-state index in [1.54, 1.807) is 12.4 Å². The molecule has 0 N–H and O–H groups in total. The van der Waals surface area contributed by atoms with Gasteiger partial charge in [0, 0.05) is 44.3 Å². The van der Waals surface area contributed by atoms with Crippen LogP contribution in [0.2, 0.25) is 0 Å². The fourth-order valence-corrected chi connectivity index (χ4v) is 4.81. The van der Waals surface area contributed by atoms with E-state index in [1.807, 2.05) is 29.2 Å². The van der Waals surface area contributed by atoms with E-state index in [-0.39, 0.29) is 5.91 Å². The monoisotopic (exact) mass is 415 g/mol. The van der Waals surface area contributed by atoms with Gasteiger partial charge in [-0.05, 0) is 30.7 Å². The molecule has 1 aliphatic rings. The number of carbonyl (C=O) groups is 1. The number of aryl methyl sites for hydroxylation is 1. The molecule has 0 unspecified atom stereocenters. The maximum Gasteiger partial charge on any atom is 0.274 e. The first-order valence-corrected chi connectivity index (χ1v) is 10.8. The van der Waals surface area contributed by atoms with Crippen LogP contribution in [0, 0.1) is 6.92 Å². The molecule has 3 heterocycles. The Hall–Kier alpha value is -3.32. The van der Waals surface area contributed by atoms with Crippen LogP contribution >= 0.6 is 11.3 Å². The van der Waals surface area contributed by atoms with Crippen molar-refractivity contribution in [3.05, 3.63) is 72.2 Å². The quantitative estimate of drug-likeness (QED) is 0.506. The minimum Gasteiger partial charge on any atom is -0.368 e. The van der Waals surface area contributed by atoms with Crippen molar-refractivity contribution in [2.75, 3.05) is 31.1 Å². The van der Waals surface area contributed by atoms with Crippen molar-refractivity contribution in [3.8, 4) is 10.7 Å². The van der Waals surface area contributed by atoms with Crippen LogP contribution in [0.25, 0.3) is 20.9 Å². The minimum atomic E-state index is -0.0817. The Kier molecular flexibility index (Phi) is 4.88. The van der Waals surface area contributed by atoms with Crippen LogP contribution in [0.15, 0.2) is 60.9 Å². The summed E-state index contributed by atoms with van der Waals surface area (Å²) in [7, 11) is 0. The van der Waals surface area contributed by atoms with Crippen molar-refractivity contribution in [1.29, 1.82) is 0 Å². The Morgan fingerprint density at radius 3 is 2.47 bits per heavy atom. The molecule has 0 atom stereocenters. The third kappa shape index (κ3) is 3.41. The first-order valence-electron chi connectivity index (χ1n) is 9.97. The highest BCUT2D eigenvalue weighted by molar-refractivity contribution is 7.21. The largest absolute Gasteiger partial charge is 0.368 e. The van der Waals surface area contributed by atoms with Crippen LogP contribution in [-0.4, -0.2) is 51.9 Å². The average molecular weight is 416 g/mol. The first-order chi connectivity index (χ1) is 14.7. The Bertz CT molecular complexity index is 1180. The molecule has 0 saturated carbocycles. The molecule has 30 heavy (non-hydrogen) atoms. The third-order valence-corrected chi connectivity index (χ3v) is 6.46. The lowest BCUT2D eigenvalue weighted by molar-refractivity contribution is 0.0741. The molecule has 7 heteroatoms. The molecule has 0 spiro atoms. The molecule has 150 valence electrons. The summed E-state index contributed by atoms with van der Waals surface area (Å²) in [4.78, 5) is 31.0. The number of piperazine rings is 1. The zero-order valence-corrected chi connectivity index (χ0v) is 17.5. The summed E-state index contributed by atoms with van der Waals surface area (Å²) in [5.74, 6) is -0.0817. The Morgan fingerprint density at radius 2 is 1.67 bits per heavy atom. The predicted molar refractivity (Wildman–Crippen MR) is 120 cm³/mol. The highest BCUT2D eigenvalue weighted by Crippen LogP contribution is 2.30. The number of anilines is 1. The van der Waals surface area contributed by atoms with Gasteiger partial charge in [-0.3, -0.25) is 4.79 Å². The van der Waals surface area contributed by atoms with E-state index in [0.717, 1.165) is 28.3 Å². The smallest absolute Gasteiger partial charge is 0.274 e. The molecular weight excluding hydrogens is 394 g/mol. The Balaban J connectivity index is 1.38. The highest BCUT2D eigenvalue weighted by atomic mass is 32.1. The SMILES string of the molecule is Cc1ccccc1N1CCN(C(=O)c2nccnc2-c2nc3ccccc3s2)CC1. The number of fused-ring (bicyclic) bond motifs is 1.